The molecule has 2 amide bonds. The number of imidazole rings is 3. The van der Waals surface area contributed by atoms with Crippen LogP contribution in [0.2, 0.25) is 0 Å². The normalized spacial score (nSPS) is 14.3. The lowest BCUT2D eigenvalue weighted by molar-refractivity contribution is 0.0624. The Morgan fingerprint density at radius 1 is 0.395 bits per heavy atom. The molecule has 3 fully saturated rings. The number of nitrogens with one attached hydrogen (secondary N) is 2. The van der Waals surface area contributed by atoms with E-state index in [4.69, 9.17) is 26.0 Å². The summed E-state index contributed by atoms with van der Waals surface area (Å²) in [5, 5.41) is 17.2. The molecule has 15 rings (SSSR count). The number of Topliss-reactive ketones (excluding diaryl/α,β-unsaturated/α-hetero) is 2. The van der Waals surface area contributed by atoms with Gasteiger partial charge in [0.2, 0.25) is 0 Å². The van der Waals surface area contributed by atoms with Crippen molar-refractivity contribution >= 4 is 102 Å². The van der Waals surface area contributed by atoms with E-state index in [1.165, 1.54) is 11.9 Å². The van der Waals surface area contributed by atoms with E-state index in [9.17, 15) is 24.0 Å². The molecule has 12 aromatic rings. The van der Waals surface area contributed by atoms with Crippen LogP contribution in [-0.2, 0) is 43.5 Å². The zero-order chi connectivity index (χ0) is 81.1. The molecule has 6 aromatic carbocycles. The number of nitrogens with zero attached hydrogens (tertiary/aromatic N) is 15. The largest absolute Gasteiger partial charge is 0.478 e. The summed E-state index contributed by atoms with van der Waals surface area (Å²) < 4.78 is 16.4. The van der Waals surface area contributed by atoms with Crippen molar-refractivity contribution in [3.63, 3.8) is 0 Å². The number of piperazine rings is 3. The van der Waals surface area contributed by atoms with Crippen molar-refractivity contribution in [1.29, 1.82) is 0 Å². The van der Waals surface area contributed by atoms with Gasteiger partial charge >= 0.3 is 18.2 Å². The molecule has 114 heavy (non-hydrogen) atoms. The Bertz CT molecular complexity index is 5460. The maximum atomic E-state index is 13.5. The van der Waals surface area contributed by atoms with Gasteiger partial charge in [-0.25, -0.2) is 29.3 Å². The molecule has 9 heterocycles. The van der Waals surface area contributed by atoms with Gasteiger partial charge in [0.1, 0.15) is 28.7 Å². The summed E-state index contributed by atoms with van der Waals surface area (Å²) >= 11 is 0. The highest BCUT2D eigenvalue weighted by Crippen LogP contribution is 2.32. The summed E-state index contributed by atoms with van der Waals surface area (Å²) in [7, 11) is 12.2. The van der Waals surface area contributed by atoms with Crippen molar-refractivity contribution < 1.29 is 38.6 Å². The molecule has 0 saturated carbocycles. The number of benzene rings is 6. The Kier molecular flexibility index (Phi) is 25.1. The monoisotopic (exact) mass is 1540 g/mol. The summed E-state index contributed by atoms with van der Waals surface area (Å²) in [5.74, 6) is 1.37. The lowest BCUT2D eigenvalue weighted by Crippen LogP contribution is -2.44. The number of hydrogen-bond acceptors (Lipinski definition) is 21. The topological polar surface area (TPSA) is 312 Å². The molecule has 0 radical (unpaired) electrons. The van der Waals surface area contributed by atoms with E-state index in [1.807, 2.05) is 147 Å². The van der Waals surface area contributed by atoms with E-state index in [0.29, 0.717) is 39.4 Å². The number of nitrogen functional groups attached to an aromatic ring is 2. The minimum Gasteiger partial charge on any atom is -0.478 e. The molecule has 0 spiro atoms. The fourth-order valence-electron chi connectivity index (χ4n) is 13.6. The highest BCUT2D eigenvalue weighted by Gasteiger charge is 2.24. The molecule has 27 nitrogen and oxygen atoms in total. The third kappa shape index (κ3) is 20.9. The number of likely N-dealkylation sites (N-methyl/N-ethyl adjacent to an activating group) is 3. The Morgan fingerprint density at radius 3 is 1.11 bits per heavy atom. The number of fused-ring (bicyclic) bond motifs is 3. The molecule has 592 valence electrons. The van der Waals surface area contributed by atoms with Crippen molar-refractivity contribution in [2.24, 2.45) is 21.1 Å². The molecule has 0 aliphatic carbocycles. The molecule has 3 saturated heterocycles. The number of carboxylic acids is 1. The van der Waals surface area contributed by atoms with Crippen LogP contribution in [-0.4, -0.2) is 204 Å². The number of carboxylic acid groups (broad SMARTS) is 1. The maximum Gasteiger partial charge on any atom is 0.412 e. The summed E-state index contributed by atoms with van der Waals surface area (Å²) in [6.45, 7) is 23.1. The van der Waals surface area contributed by atoms with Crippen molar-refractivity contribution in [1.82, 2.24) is 58.3 Å². The van der Waals surface area contributed by atoms with Crippen molar-refractivity contribution in [2.75, 3.05) is 136 Å². The minimum absolute atomic E-state index is 0.00349. The number of rotatable bonds is 15. The van der Waals surface area contributed by atoms with Gasteiger partial charge in [0, 0.05) is 241 Å². The lowest BCUT2D eigenvalue weighted by Gasteiger charge is -2.34. The number of aromatic carboxylic acids is 1. The number of hydrogen-bond donors (Lipinski definition) is 5. The van der Waals surface area contributed by atoms with Crippen LogP contribution in [0.1, 0.15) is 83.7 Å². The number of ether oxygens (including phenoxy) is 2. The molecular formula is C87H101N19O8. The van der Waals surface area contributed by atoms with Crippen LogP contribution < -0.4 is 36.8 Å². The lowest BCUT2D eigenvalue weighted by atomic mass is 9.99. The smallest absolute Gasteiger partial charge is 0.412 e. The van der Waals surface area contributed by atoms with Crippen LogP contribution >= 0.6 is 0 Å². The number of aryl methyl sites for hydroxylation is 3. The van der Waals surface area contributed by atoms with Gasteiger partial charge in [0.25, 0.3) is 0 Å². The highest BCUT2D eigenvalue weighted by molar-refractivity contribution is 6.03. The van der Waals surface area contributed by atoms with E-state index < -0.39 is 29.4 Å². The maximum absolute atomic E-state index is 13.5. The second-order valence-electron chi connectivity index (χ2n) is 31.1. The molecule has 0 unspecified atom stereocenters. The van der Waals surface area contributed by atoms with Crippen LogP contribution in [0.4, 0.5) is 49.4 Å². The number of ketones is 2. The fourth-order valence-corrected chi connectivity index (χ4v) is 13.6. The summed E-state index contributed by atoms with van der Waals surface area (Å²) in [6, 6.07) is 40.7. The molecule has 7 N–H and O–H groups in total. The Balaban J connectivity index is 0.000000146. The van der Waals surface area contributed by atoms with Gasteiger partial charge in [-0.15, -0.1) is 0 Å². The zero-order valence-electron chi connectivity index (χ0n) is 66.9. The summed E-state index contributed by atoms with van der Waals surface area (Å²) in [6.07, 6.45) is 14.7. The molecule has 0 bridgehead atoms. The average molecular weight is 1540 g/mol. The second-order valence-corrected chi connectivity index (χ2v) is 31.1. The van der Waals surface area contributed by atoms with E-state index in [1.54, 1.807) is 76.0 Å². The third-order valence-electron chi connectivity index (χ3n) is 20.0. The van der Waals surface area contributed by atoms with Crippen molar-refractivity contribution in [2.45, 2.75) is 65.6 Å². The van der Waals surface area contributed by atoms with Gasteiger partial charge in [0.15, 0.2) is 11.6 Å². The van der Waals surface area contributed by atoms with Gasteiger partial charge in [-0.1, -0.05) is 18.2 Å². The molecule has 0 atom stereocenters. The third-order valence-corrected chi connectivity index (χ3v) is 20.0. The van der Waals surface area contributed by atoms with Crippen LogP contribution in [0.15, 0.2) is 183 Å². The van der Waals surface area contributed by atoms with Gasteiger partial charge < -0.3 is 69.1 Å². The van der Waals surface area contributed by atoms with Gasteiger partial charge in [-0.2, -0.15) is 0 Å². The number of amides is 2. The molecule has 6 aromatic heterocycles. The summed E-state index contributed by atoms with van der Waals surface area (Å²) in [5.41, 5.74) is 24.6. The van der Waals surface area contributed by atoms with Crippen LogP contribution in [0.5, 0.6) is 0 Å². The second kappa shape index (κ2) is 35.4. The number of pyridine rings is 3. The molecule has 27 heteroatoms. The summed E-state index contributed by atoms with van der Waals surface area (Å²) in [4.78, 5) is 103. The Morgan fingerprint density at radius 2 is 0.737 bits per heavy atom. The van der Waals surface area contributed by atoms with Crippen LogP contribution in [0.25, 0.3) is 66.9 Å². The first-order valence-electron chi connectivity index (χ1n) is 38.1. The quantitative estimate of drug-likeness (QED) is 0.0470. The van der Waals surface area contributed by atoms with E-state index in [2.05, 4.69) is 121 Å². The zero-order valence-corrected chi connectivity index (χ0v) is 66.9. The molecular weight excluding hydrogens is 1440 g/mol. The van der Waals surface area contributed by atoms with E-state index >= 15 is 0 Å². The number of carbonyl (C=O) groups is 5. The van der Waals surface area contributed by atoms with Crippen LogP contribution in [0, 0.1) is 0 Å². The van der Waals surface area contributed by atoms with E-state index in [0.717, 1.165) is 162 Å². The first-order valence-corrected chi connectivity index (χ1v) is 38.1. The van der Waals surface area contributed by atoms with Crippen molar-refractivity contribution in [3.8, 4) is 34.2 Å². The van der Waals surface area contributed by atoms with E-state index in [-0.39, 0.29) is 30.0 Å². The van der Waals surface area contributed by atoms with Gasteiger partial charge in [-0.05, 0) is 183 Å². The van der Waals surface area contributed by atoms with Gasteiger partial charge in [-0.3, -0.25) is 35.2 Å². The predicted molar refractivity (Wildman–Crippen MR) is 452 cm³/mol. The van der Waals surface area contributed by atoms with Gasteiger partial charge in [0.05, 0.1) is 33.5 Å². The number of anilines is 7. The number of aromatic nitrogens is 9. The highest BCUT2D eigenvalue weighted by atomic mass is 16.6. The SMILES string of the molecule is CN1CCN(c2ccc3cc(C(=O)Cc4cc(-c5nccn5C)ccc4N)cnc3c2)CC1.CN1CCN(c2ccc3cc(C(=O)Cc4cc(-c5nccn5C)ccc4NC(=O)OC(C)(C)C)cnc3c2)CC1.CN1CCN(c2ccc3cc(C(=O)O)cnc3c2)CC1.Cn1ccnc1-c1ccc(NC(=O)OC(C)(C)C)c(N)c1. The minimum atomic E-state index is -0.942. The van der Waals surface area contributed by atoms with Crippen LogP contribution in [0.3, 0.4) is 0 Å². The Labute approximate surface area is 664 Å². The Hall–Kier alpha value is -12.6. The fraction of sp³-hybridized carbons (Fsp3) is 0.322. The molecule has 3 aliphatic heterocycles. The predicted octanol–water partition coefficient (Wildman–Crippen LogP) is 13.3. The first kappa shape index (κ1) is 80.9. The standard InChI is InChI=1S/C31H36N6O3.C26H28N6O.C15H20N4O2.C15H17N3O2/c1-31(2,3)40-30(39)34-26-9-7-22(29-32-10-11-36(29)5)17-23(26)18-28(38)24-16-21-6-8-25(19-27(21)33-20-24)37-14-12-35(4)13-15-37;1-30-9-11-32(12-10-30)22-5-3-18-13-21(17-29-24(18)16-22)25(33)15-20-14-19(4-6-23(20)27)26-28-7-8-31(26)2;1-15(2,3)21-14(20)18-12-6-5-10(9-11(12)16)13-17-7-8-19(13)4;1-17-4-6-18(7-5-17)13-3-2-11-8-12(15(19)20)10-16-14(11)9-13/h6-11,16-17,19-20H,12-15,18H2,1-5H3,(H,34,39);3-8,13-14,16-17H,9-12,15,27H2,1-2H3;5-9H,16H2,1-4H3,(H,18,20);2-3,8-10H,4-7H2,1H3,(H,19,20). The first-order chi connectivity index (χ1) is 54.4. The number of nitrogens with two attached hydrogens (primary N) is 2. The number of carbonyl (C=O) groups excluding carboxylic acids is 4. The average Bonchev–Trinajstić information content (AvgIpc) is 0.987. The molecule has 3 aliphatic rings. The van der Waals surface area contributed by atoms with Crippen molar-refractivity contribution in [3.05, 3.63) is 211 Å².